The predicted octanol–water partition coefficient (Wildman–Crippen LogP) is 4.47. The molecule has 3 amide bonds. The Bertz CT molecular complexity index is 1630. The fraction of sp³-hybridized carbons (Fsp3) is 0.514. The van der Waals surface area contributed by atoms with Crippen molar-refractivity contribution < 1.29 is 27.9 Å². The summed E-state index contributed by atoms with van der Waals surface area (Å²) in [7, 11) is -2.48. The first-order chi connectivity index (χ1) is 22.7. The lowest BCUT2D eigenvalue weighted by molar-refractivity contribution is -0.128. The van der Waals surface area contributed by atoms with Crippen LogP contribution in [-0.4, -0.2) is 96.0 Å². The third-order valence-corrected chi connectivity index (χ3v) is 11.2. The molecule has 1 aliphatic heterocycles. The number of sulfonamides is 1. The molecule has 48 heavy (non-hydrogen) atoms. The van der Waals surface area contributed by atoms with Crippen LogP contribution >= 0.6 is 11.3 Å². The summed E-state index contributed by atoms with van der Waals surface area (Å²) in [6, 6.07) is 13.7. The van der Waals surface area contributed by atoms with Crippen LogP contribution in [0.4, 0.5) is 4.79 Å². The van der Waals surface area contributed by atoms with Crippen LogP contribution in [0, 0.1) is 25.7 Å². The van der Waals surface area contributed by atoms with E-state index >= 15 is 0 Å². The molecule has 3 atom stereocenters. The molecule has 0 aliphatic carbocycles. The van der Waals surface area contributed by atoms with Gasteiger partial charge in [0, 0.05) is 31.1 Å². The van der Waals surface area contributed by atoms with Gasteiger partial charge in [-0.05, 0) is 61.9 Å². The van der Waals surface area contributed by atoms with E-state index in [9.17, 15) is 23.1 Å². The van der Waals surface area contributed by atoms with Gasteiger partial charge < -0.3 is 25.0 Å². The standard InChI is InChI=1S/C35H49N5O6S2/c1-23(2)20-39(48(44,45)29-15-13-28(46-7)14-16-29)22-32(41)30(19-27-11-9-8-10-12-27)37-34(42)33(24(3)4)40-18-17-38(35(40)43)21-31-25(5)47-26(6)36-31/h8-16,23-24,30,32-33,41H,17-22H2,1-7H3,(H,37,42)/t30-,32+,33-/m0/s1. The molecular weight excluding hydrogens is 651 g/mol. The molecule has 4 rings (SSSR count). The Balaban J connectivity index is 1.57. The van der Waals surface area contributed by atoms with E-state index in [-0.39, 0.29) is 42.3 Å². The maximum absolute atomic E-state index is 14.1. The van der Waals surface area contributed by atoms with Crippen LogP contribution in [0.1, 0.15) is 48.8 Å². The minimum Gasteiger partial charge on any atom is -0.497 e. The summed E-state index contributed by atoms with van der Waals surface area (Å²) in [6.07, 6.45) is -0.991. The molecule has 1 fully saturated rings. The van der Waals surface area contributed by atoms with E-state index in [1.165, 1.54) is 23.5 Å². The molecule has 11 nitrogen and oxygen atoms in total. The number of nitrogens with one attached hydrogen (secondary N) is 1. The summed E-state index contributed by atoms with van der Waals surface area (Å²) in [6.45, 7) is 12.7. The second kappa shape index (κ2) is 16.3. The molecule has 0 radical (unpaired) electrons. The van der Waals surface area contributed by atoms with Crippen LogP contribution in [-0.2, 0) is 27.8 Å². The number of amides is 3. The lowest BCUT2D eigenvalue weighted by atomic mass is 9.97. The first kappa shape index (κ1) is 37.3. The van der Waals surface area contributed by atoms with Crippen LogP contribution < -0.4 is 10.1 Å². The first-order valence-electron chi connectivity index (χ1n) is 16.4. The van der Waals surface area contributed by atoms with Gasteiger partial charge in [0.2, 0.25) is 15.9 Å². The molecule has 0 bridgehead atoms. The van der Waals surface area contributed by atoms with E-state index in [0.717, 1.165) is 21.1 Å². The SMILES string of the molecule is COc1ccc(S(=O)(=O)N(CC(C)C)C[C@@H](O)[C@H](Cc2ccccc2)NC(=O)[C@H](C(C)C)N2CCN(Cc3nc(C)sc3C)C2=O)cc1. The number of rotatable bonds is 16. The number of carbonyl (C=O) groups is 2. The number of aliphatic hydroxyl groups excluding tert-OH is 1. The molecule has 2 N–H and O–H groups in total. The molecule has 2 heterocycles. The van der Waals surface area contributed by atoms with Gasteiger partial charge in [0.25, 0.3) is 0 Å². The number of hydrogen-bond donors (Lipinski definition) is 2. The summed E-state index contributed by atoms with van der Waals surface area (Å²) in [4.78, 5) is 36.8. The van der Waals surface area contributed by atoms with E-state index in [4.69, 9.17) is 4.74 Å². The Hall–Kier alpha value is -3.52. The van der Waals surface area contributed by atoms with Gasteiger partial charge in [-0.15, -0.1) is 11.3 Å². The highest BCUT2D eigenvalue weighted by molar-refractivity contribution is 7.89. The molecule has 13 heteroatoms. The van der Waals surface area contributed by atoms with Crippen LogP contribution in [0.2, 0.25) is 0 Å². The maximum Gasteiger partial charge on any atom is 0.321 e. The second-order valence-corrected chi connectivity index (χ2v) is 16.4. The molecule has 1 aromatic heterocycles. The molecule has 0 unspecified atom stereocenters. The van der Waals surface area contributed by atoms with Crippen molar-refractivity contribution in [3.63, 3.8) is 0 Å². The fourth-order valence-electron chi connectivity index (χ4n) is 6.04. The van der Waals surface area contributed by atoms with Crippen molar-refractivity contribution in [3.8, 4) is 5.75 Å². The summed E-state index contributed by atoms with van der Waals surface area (Å²) >= 11 is 1.59. The lowest BCUT2D eigenvalue weighted by Gasteiger charge is -2.34. The summed E-state index contributed by atoms with van der Waals surface area (Å²) < 4.78 is 34.1. The molecule has 0 spiro atoms. The van der Waals surface area contributed by atoms with Gasteiger partial charge >= 0.3 is 6.03 Å². The van der Waals surface area contributed by atoms with Gasteiger partial charge in [-0.3, -0.25) is 4.79 Å². The van der Waals surface area contributed by atoms with Crippen molar-refractivity contribution in [1.82, 2.24) is 24.4 Å². The topological polar surface area (TPSA) is 132 Å². The molecule has 1 saturated heterocycles. The van der Waals surface area contributed by atoms with E-state index in [1.807, 2.05) is 71.9 Å². The van der Waals surface area contributed by atoms with Crippen LogP contribution in [0.3, 0.4) is 0 Å². The number of methoxy groups -OCH3 is 1. The Morgan fingerprint density at radius 2 is 1.71 bits per heavy atom. The summed E-state index contributed by atoms with van der Waals surface area (Å²) in [5, 5.41) is 15.7. The fourth-order valence-corrected chi connectivity index (χ4v) is 8.49. The molecule has 0 saturated carbocycles. The van der Waals surface area contributed by atoms with Gasteiger partial charge in [0.15, 0.2) is 0 Å². The first-order valence-corrected chi connectivity index (χ1v) is 18.6. The Kier molecular flexibility index (Phi) is 12.6. The number of ether oxygens (including phenoxy) is 1. The van der Waals surface area contributed by atoms with Crippen LogP contribution in [0.25, 0.3) is 0 Å². The number of hydrogen-bond acceptors (Lipinski definition) is 8. The normalized spacial score (nSPS) is 15.8. The number of thiazole rings is 1. The van der Waals surface area contributed by atoms with Gasteiger partial charge in [-0.25, -0.2) is 18.2 Å². The zero-order chi connectivity index (χ0) is 35.2. The number of carbonyl (C=O) groups excluding carboxylic acids is 2. The predicted molar refractivity (Wildman–Crippen MR) is 187 cm³/mol. The van der Waals surface area contributed by atoms with Gasteiger partial charge in [-0.1, -0.05) is 58.0 Å². The van der Waals surface area contributed by atoms with Crippen molar-refractivity contribution in [2.75, 3.05) is 33.3 Å². The van der Waals surface area contributed by atoms with E-state index in [0.29, 0.717) is 25.4 Å². The van der Waals surface area contributed by atoms with Gasteiger partial charge in [0.05, 0.1) is 41.4 Å². The molecule has 1 aliphatic rings. The average molecular weight is 700 g/mol. The number of aromatic nitrogens is 1. The van der Waals surface area contributed by atoms with Crippen molar-refractivity contribution >= 4 is 33.3 Å². The summed E-state index contributed by atoms with van der Waals surface area (Å²) in [5.41, 5.74) is 1.73. The lowest BCUT2D eigenvalue weighted by Crippen LogP contribution is -2.57. The quantitative estimate of drug-likeness (QED) is 0.226. The smallest absolute Gasteiger partial charge is 0.321 e. The van der Waals surface area contributed by atoms with E-state index in [1.54, 1.807) is 33.3 Å². The van der Waals surface area contributed by atoms with Crippen molar-refractivity contribution in [2.24, 2.45) is 11.8 Å². The van der Waals surface area contributed by atoms with Gasteiger partial charge in [0.1, 0.15) is 11.8 Å². The monoisotopic (exact) mass is 699 g/mol. The van der Waals surface area contributed by atoms with Crippen LogP contribution in [0.5, 0.6) is 5.75 Å². The van der Waals surface area contributed by atoms with Crippen molar-refractivity contribution in [2.45, 2.75) is 77.6 Å². The minimum atomic E-state index is -3.99. The number of aryl methyl sites for hydroxylation is 2. The largest absolute Gasteiger partial charge is 0.497 e. The Labute approximate surface area is 289 Å². The number of urea groups is 1. The van der Waals surface area contributed by atoms with Gasteiger partial charge in [-0.2, -0.15) is 4.31 Å². The molecule has 2 aromatic carbocycles. The second-order valence-electron chi connectivity index (χ2n) is 13.1. The zero-order valence-electron chi connectivity index (χ0n) is 28.9. The molecule has 262 valence electrons. The molecular formula is C35H49N5O6S2. The van der Waals surface area contributed by atoms with E-state index in [2.05, 4.69) is 10.3 Å². The third kappa shape index (κ3) is 9.13. The summed E-state index contributed by atoms with van der Waals surface area (Å²) in [5.74, 6) is -0.115. The van der Waals surface area contributed by atoms with Crippen LogP contribution in [0.15, 0.2) is 59.5 Å². The van der Waals surface area contributed by atoms with Crippen molar-refractivity contribution in [1.29, 1.82) is 0 Å². The Morgan fingerprint density at radius 1 is 1.04 bits per heavy atom. The number of aliphatic hydroxyl groups is 1. The average Bonchev–Trinajstić information content (AvgIpc) is 3.55. The maximum atomic E-state index is 14.1. The van der Waals surface area contributed by atoms with E-state index < -0.39 is 34.1 Å². The zero-order valence-corrected chi connectivity index (χ0v) is 30.6. The third-order valence-electron chi connectivity index (χ3n) is 8.45. The highest BCUT2D eigenvalue weighted by atomic mass is 32.2. The molecule has 3 aromatic rings. The Morgan fingerprint density at radius 3 is 2.27 bits per heavy atom. The minimum absolute atomic E-state index is 0.0289. The highest BCUT2D eigenvalue weighted by Gasteiger charge is 2.41. The number of benzene rings is 2. The highest BCUT2D eigenvalue weighted by Crippen LogP contribution is 2.25. The van der Waals surface area contributed by atoms with Crippen molar-refractivity contribution in [3.05, 3.63) is 75.7 Å². The number of nitrogens with zero attached hydrogens (tertiary/aromatic N) is 4.